The lowest BCUT2D eigenvalue weighted by Gasteiger charge is -2.62. The fourth-order valence-electron chi connectivity index (χ4n) is 11.4. The number of rotatable bonds is 12. The minimum atomic E-state index is -0.782. The summed E-state index contributed by atoms with van der Waals surface area (Å²) in [7, 11) is 10.6. The molecule has 266 valence electrons. The van der Waals surface area contributed by atoms with E-state index >= 15 is 0 Å². The maximum absolute atomic E-state index is 14.2. The van der Waals surface area contributed by atoms with Gasteiger partial charge in [-0.3, -0.25) is 9.63 Å². The van der Waals surface area contributed by atoms with E-state index in [1.807, 2.05) is 12.2 Å². The third-order valence-corrected chi connectivity index (χ3v) is 13.5. The molecule has 3 N–H and O–H groups in total. The van der Waals surface area contributed by atoms with Gasteiger partial charge < -0.3 is 30.1 Å². The normalized spacial score (nSPS) is 43.5. The summed E-state index contributed by atoms with van der Waals surface area (Å²) >= 11 is 0. The van der Waals surface area contributed by atoms with E-state index in [-0.39, 0.29) is 30.6 Å². The number of hydrogen-bond acceptors (Lipinski definition) is 8. The third-order valence-electron chi connectivity index (χ3n) is 13.5. The number of carbonyl (C=O) groups excluding carboxylic acids is 1. The zero-order valence-corrected chi connectivity index (χ0v) is 30.5. The van der Waals surface area contributed by atoms with Crippen molar-refractivity contribution in [3.8, 4) is 0 Å². The number of nitrogens with one attached hydrogen (secondary N) is 1. The smallest absolute Gasteiger partial charge is 0.240 e. The second-order valence-electron chi connectivity index (χ2n) is 17.5. The monoisotopic (exact) mass is 649 g/mol. The fraction of sp³-hybridized carbons (Fsp3) is 0.973. The number of ether oxygens (including phenoxy) is 1. The number of fused-ring (bicyclic) bond motifs is 2. The van der Waals surface area contributed by atoms with Gasteiger partial charge in [0.15, 0.2) is 0 Å². The topological polar surface area (TPSA) is 97.7 Å². The summed E-state index contributed by atoms with van der Waals surface area (Å²) < 4.78 is 6.41. The van der Waals surface area contributed by atoms with E-state index in [0.29, 0.717) is 53.4 Å². The van der Waals surface area contributed by atoms with Crippen LogP contribution < -0.4 is 5.32 Å². The Morgan fingerprint density at radius 1 is 1.04 bits per heavy atom. The first kappa shape index (κ1) is 36.5. The molecule has 6 rings (SSSR count). The second-order valence-corrected chi connectivity index (χ2v) is 17.5. The largest absolute Gasteiger partial charge is 0.394 e. The lowest BCUT2D eigenvalue weighted by Crippen LogP contribution is -2.62. The lowest BCUT2D eigenvalue weighted by atomic mass is 9.45. The second kappa shape index (κ2) is 15.0. The van der Waals surface area contributed by atoms with Gasteiger partial charge in [0.25, 0.3) is 0 Å². The number of carbonyl (C=O) groups is 1. The Hall–Kier alpha value is -0.810. The predicted octanol–water partition coefficient (Wildman–Crippen LogP) is 3.73. The van der Waals surface area contributed by atoms with Gasteiger partial charge in [-0.2, -0.15) is 5.06 Å². The Morgan fingerprint density at radius 3 is 2.22 bits per heavy atom. The van der Waals surface area contributed by atoms with Crippen LogP contribution in [0.2, 0.25) is 0 Å². The van der Waals surface area contributed by atoms with Gasteiger partial charge in [0, 0.05) is 44.6 Å². The number of aliphatic hydroxyl groups is 2. The van der Waals surface area contributed by atoms with Crippen molar-refractivity contribution in [2.45, 2.75) is 109 Å². The summed E-state index contributed by atoms with van der Waals surface area (Å²) in [6.45, 7) is 11.4. The summed E-state index contributed by atoms with van der Waals surface area (Å²) in [5.41, 5.74) is 0.345. The van der Waals surface area contributed by atoms with Crippen molar-refractivity contribution >= 4 is 5.91 Å². The maximum Gasteiger partial charge on any atom is 0.240 e. The molecule has 1 saturated heterocycles. The summed E-state index contributed by atoms with van der Waals surface area (Å²) in [6.07, 6.45) is 8.12. The summed E-state index contributed by atoms with van der Waals surface area (Å²) in [5.74, 6) is 3.83. The van der Waals surface area contributed by atoms with Crippen LogP contribution in [0.1, 0.15) is 79.1 Å². The SMILES string of the molecule is COC1C(CN2O[C@@H](CO)[C@H]([C@H](C)O)[C@H]2C(=O)N[C@H]2CC3C[C@@H]([C@@H]2C)C3(C)C)CCCC1C1CC(CN(C)C)CC(CN(C)C)C1. The zero-order valence-electron chi connectivity index (χ0n) is 30.5. The Balaban J connectivity index is 1.32. The first-order valence-corrected chi connectivity index (χ1v) is 18.6. The standard InChI is InChI=1S/C37H68N4O5/c1-22-30-16-28(37(30,3)4)17-31(22)38-36(44)34-33(23(2)43)32(21-42)46-41(34)20-26-11-10-12-29(35(26)45-9)27-14-24(18-39(5)6)13-25(15-27)19-40(7)8/h22-35,42-43H,10-21H2,1-9H3,(H,38,44)/t22-,23-,24?,25?,26?,27?,28?,29?,30-,31-,32-,33-,34-,35?/m0/s1. The van der Waals surface area contributed by atoms with E-state index in [2.05, 4.69) is 64.1 Å². The van der Waals surface area contributed by atoms with Crippen LogP contribution in [0.4, 0.5) is 0 Å². The van der Waals surface area contributed by atoms with Gasteiger partial charge in [-0.05, 0) is 127 Å². The molecule has 0 aromatic carbocycles. The molecule has 1 heterocycles. The Labute approximate surface area is 280 Å². The van der Waals surface area contributed by atoms with Crippen LogP contribution in [-0.2, 0) is 14.4 Å². The number of methoxy groups -OCH3 is 1. The highest BCUT2D eigenvalue weighted by molar-refractivity contribution is 5.82. The van der Waals surface area contributed by atoms with E-state index in [0.717, 1.165) is 32.4 Å². The Kier molecular flexibility index (Phi) is 11.9. The predicted molar refractivity (Wildman–Crippen MR) is 182 cm³/mol. The molecule has 5 saturated carbocycles. The van der Waals surface area contributed by atoms with E-state index < -0.39 is 24.2 Å². The van der Waals surface area contributed by atoms with Gasteiger partial charge in [-0.15, -0.1) is 0 Å². The van der Waals surface area contributed by atoms with Crippen LogP contribution in [0.25, 0.3) is 0 Å². The number of hydrogen-bond donors (Lipinski definition) is 3. The van der Waals surface area contributed by atoms with Gasteiger partial charge in [0.05, 0.1) is 18.8 Å². The van der Waals surface area contributed by atoms with Crippen molar-refractivity contribution in [1.29, 1.82) is 0 Å². The molecular formula is C37H68N4O5. The highest BCUT2D eigenvalue weighted by atomic mass is 16.7. The first-order valence-electron chi connectivity index (χ1n) is 18.6. The molecule has 0 aromatic heterocycles. The van der Waals surface area contributed by atoms with Crippen LogP contribution in [0.5, 0.6) is 0 Å². The van der Waals surface area contributed by atoms with Gasteiger partial charge in [-0.25, -0.2) is 0 Å². The van der Waals surface area contributed by atoms with Crippen LogP contribution in [-0.4, -0.2) is 123 Å². The fourth-order valence-corrected chi connectivity index (χ4v) is 11.4. The number of aliphatic hydroxyl groups excluding tert-OH is 2. The number of nitrogens with zero attached hydrogens (tertiary/aromatic N) is 3. The summed E-state index contributed by atoms with van der Waals surface area (Å²) in [5, 5.41) is 26.5. The molecule has 1 amide bonds. The average Bonchev–Trinajstić information content (AvgIpc) is 3.35. The van der Waals surface area contributed by atoms with Gasteiger partial charge in [0.2, 0.25) is 5.91 Å². The molecule has 2 bridgehead atoms. The van der Waals surface area contributed by atoms with E-state index in [1.165, 1.54) is 32.1 Å². The highest BCUT2D eigenvalue weighted by Crippen LogP contribution is 2.61. The molecule has 13 atom stereocenters. The molecule has 0 aromatic rings. The Morgan fingerprint density at radius 2 is 1.70 bits per heavy atom. The van der Waals surface area contributed by atoms with Gasteiger partial charge in [-0.1, -0.05) is 27.2 Å². The minimum absolute atomic E-state index is 0.0653. The lowest BCUT2D eigenvalue weighted by molar-refractivity contribution is -0.193. The van der Waals surface area contributed by atoms with Gasteiger partial charge in [0.1, 0.15) is 12.1 Å². The summed E-state index contributed by atoms with van der Waals surface area (Å²) in [4.78, 5) is 25.3. The zero-order chi connectivity index (χ0) is 33.5. The molecule has 5 aliphatic carbocycles. The molecule has 1 aliphatic heterocycles. The Bertz CT molecular complexity index is 990. The van der Waals surface area contributed by atoms with Crippen LogP contribution >= 0.6 is 0 Å². The number of hydroxylamine groups is 2. The van der Waals surface area contributed by atoms with E-state index in [9.17, 15) is 15.0 Å². The summed E-state index contributed by atoms with van der Waals surface area (Å²) in [6, 6.07) is -0.506. The molecule has 46 heavy (non-hydrogen) atoms. The van der Waals surface area contributed by atoms with Crippen LogP contribution in [0.3, 0.4) is 0 Å². The molecule has 6 fully saturated rings. The van der Waals surface area contributed by atoms with Crippen molar-refractivity contribution in [3.63, 3.8) is 0 Å². The van der Waals surface area contributed by atoms with Gasteiger partial charge >= 0.3 is 0 Å². The maximum atomic E-state index is 14.2. The van der Waals surface area contributed by atoms with Crippen molar-refractivity contribution in [3.05, 3.63) is 0 Å². The molecule has 9 nitrogen and oxygen atoms in total. The molecule has 0 radical (unpaired) electrons. The van der Waals surface area contributed by atoms with E-state index in [4.69, 9.17) is 9.57 Å². The highest BCUT2D eigenvalue weighted by Gasteiger charge is 2.58. The van der Waals surface area contributed by atoms with Crippen molar-refractivity contribution in [1.82, 2.24) is 20.2 Å². The molecule has 6 unspecified atom stereocenters. The van der Waals surface area contributed by atoms with Crippen LogP contribution in [0.15, 0.2) is 0 Å². The minimum Gasteiger partial charge on any atom is -0.394 e. The molecule has 0 spiro atoms. The average molecular weight is 649 g/mol. The third kappa shape index (κ3) is 7.51. The molecule has 9 heteroatoms. The molecule has 6 aliphatic rings. The molecular weight excluding hydrogens is 580 g/mol. The first-order chi connectivity index (χ1) is 21.7. The van der Waals surface area contributed by atoms with Crippen molar-refractivity contribution < 1.29 is 24.6 Å². The quantitative estimate of drug-likeness (QED) is 0.295. The number of amides is 1. The van der Waals surface area contributed by atoms with Crippen molar-refractivity contribution in [2.24, 2.45) is 58.7 Å². The van der Waals surface area contributed by atoms with Crippen molar-refractivity contribution in [2.75, 3.05) is 61.5 Å². The van der Waals surface area contributed by atoms with E-state index in [1.54, 1.807) is 6.92 Å². The van der Waals surface area contributed by atoms with Crippen LogP contribution in [0, 0.1) is 58.7 Å².